The molecule has 0 aromatic carbocycles. The van der Waals surface area contributed by atoms with Gasteiger partial charge in [-0.25, -0.2) is 0 Å². The van der Waals surface area contributed by atoms with Crippen molar-refractivity contribution in [2.45, 2.75) is 19.3 Å². The molecule has 6 heteroatoms. The molecule has 1 N–H and O–H groups in total. The fourth-order valence-electron chi connectivity index (χ4n) is 2.32. The molecule has 0 unspecified atom stereocenters. The lowest BCUT2D eigenvalue weighted by molar-refractivity contribution is 0.313. The van der Waals surface area contributed by atoms with Crippen LogP contribution in [-0.4, -0.2) is 33.0 Å². The molecular formula is C12H17N5O. The Morgan fingerprint density at radius 2 is 2.28 bits per heavy atom. The van der Waals surface area contributed by atoms with Crippen LogP contribution in [0.1, 0.15) is 18.7 Å². The maximum Gasteiger partial charge on any atom is 0.227 e. The van der Waals surface area contributed by atoms with Crippen molar-refractivity contribution < 1.29 is 4.52 Å². The average Bonchev–Trinajstić information content (AvgIpc) is 2.99. The van der Waals surface area contributed by atoms with E-state index in [1.54, 1.807) is 10.9 Å². The largest absolute Gasteiger partial charge is 0.339 e. The third-order valence-electron chi connectivity index (χ3n) is 3.35. The van der Waals surface area contributed by atoms with Crippen molar-refractivity contribution in [3.8, 4) is 11.4 Å². The summed E-state index contributed by atoms with van der Waals surface area (Å²) in [6.07, 6.45) is 6.89. The number of piperidine rings is 1. The SMILES string of the molecule is Cn1cc(-c2noc(CC3CCNCC3)n2)cn1. The summed E-state index contributed by atoms with van der Waals surface area (Å²) in [7, 11) is 1.87. The first kappa shape index (κ1) is 11.4. The summed E-state index contributed by atoms with van der Waals surface area (Å²) >= 11 is 0. The molecule has 0 amide bonds. The van der Waals surface area contributed by atoms with Gasteiger partial charge in [0.05, 0.1) is 11.8 Å². The molecule has 6 nitrogen and oxygen atoms in total. The smallest absolute Gasteiger partial charge is 0.227 e. The Morgan fingerprint density at radius 3 is 3.00 bits per heavy atom. The Hall–Kier alpha value is -1.69. The van der Waals surface area contributed by atoms with E-state index in [-0.39, 0.29) is 0 Å². The van der Waals surface area contributed by atoms with Crippen LogP contribution < -0.4 is 5.32 Å². The number of nitrogens with zero attached hydrogens (tertiary/aromatic N) is 4. The monoisotopic (exact) mass is 247 g/mol. The highest BCUT2D eigenvalue weighted by Gasteiger charge is 2.18. The second kappa shape index (κ2) is 4.89. The van der Waals surface area contributed by atoms with Crippen LogP contribution in [0.5, 0.6) is 0 Å². The third-order valence-corrected chi connectivity index (χ3v) is 3.35. The van der Waals surface area contributed by atoms with Gasteiger partial charge < -0.3 is 9.84 Å². The molecule has 3 heterocycles. The van der Waals surface area contributed by atoms with E-state index in [1.807, 2.05) is 13.2 Å². The summed E-state index contributed by atoms with van der Waals surface area (Å²) in [5.41, 5.74) is 0.901. The van der Waals surface area contributed by atoms with Gasteiger partial charge in [-0.15, -0.1) is 0 Å². The van der Waals surface area contributed by atoms with Crippen LogP contribution in [0, 0.1) is 5.92 Å². The molecule has 1 aliphatic heterocycles. The molecule has 0 atom stereocenters. The van der Waals surface area contributed by atoms with Gasteiger partial charge in [-0.05, 0) is 31.8 Å². The minimum atomic E-state index is 0.632. The molecular weight excluding hydrogens is 230 g/mol. The number of rotatable bonds is 3. The highest BCUT2D eigenvalue weighted by Crippen LogP contribution is 2.19. The van der Waals surface area contributed by atoms with Gasteiger partial charge in [0.2, 0.25) is 11.7 Å². The minimum absolute atomic E-state index is 0.632. The van der Waals surface area contributed by atoms with E-state index < -0.39 is 0 Å². The first-order chi connectivity index (χ1) is 8.81. The summed E-state index contributed by atoms with van der Waals surface area (Å²) in [4.78, 5) is 4.44. The van der Waals surface area contributed by atoms with Gasteiger partial charge in [-0.2, -0.15) is 10.1 Å². The molecule has 0 bridgehead atoms. The fourth-order valence-corrected chi connectivity index (χ4v) is 2.32. The highest BCUT2D eigenvalue weighted by atomic mass is 16.5. The molecule has 2 aromatic heterocycles. The molecule has 2 aromatic rings. The van der Waals surface area contributed by atoms with E-state index in [2.05, 4.69) is 20.6 Å². The third kappa shape index (κ3) is 2.43. The van der Waals surface area contributed by atoms with Crippen molar-refractivity contribution in [2.24, 2.45) is 13.0 Å². The van der Waals surface area contributed by atoms with Gasteiger partial charge in [-0.1, -0.05) is 5.16 Å². The van der Waals surface area contributed by atoms with Crippen LogP contribution in [-0.2, 0) is 13.5 Å². The normalized spacial score (nSPS) is 17.2. The van der Waals surface area contributed by atoms with E-state index in [0.29, 0.717) is 11.7 Å². The summed E-state index contributed by atoms with van der Waals surface area (Å²) in [5.74, 6) is 2.03. The Balaban J connectivity index is 1.69. The van der Waals surface area contributed by atoms with Gasteiger partial charge in [0.25, 0.3) is 0 Å². The first-order valence-electron chi connectivity index (χ1n) is 6.33. The second-order valence-corrected chi connectivity index (χ2v) is 4.81. The van der Waals surface area contributed by atoms with Gasteiger partial charge in [-0.3, -0.25) is 4.68 Å². The second-order valence-electron chi connectivity index (χ2n) is 4.81. The lowest BCUT2D eigenvalue weighted by Crippen LogP contribution is -2.28. The number of aryl methyl sites for hydroxylation is 1. The highest BCUT2D eigenvalue weighted by molar-refractivity contribution is 5.50. The number of hydrogen-bond acceptors (Lipinski definition) is 5. The van der Waals surface area contributed by atoms with Gasteiger partial charge in [0.1, 0.15) is 0 Å². The quantitative estimate of drug-likeness (QED) is 0.876. The Labute approximate surface area is 105 Å². The standard InChI is InChI=1S/C12H17N5O/c1-17-8-10(7-14-17)12-15-11(18-16-12)6-9-2-4-13-5-3-9/h7-9,13H,2-6H2,1H3. The topological polar surface area (TPSA) is 68.8 Å². The minimum Gasteiger partial charge on any atom is -0.339 e. The lowest BCUT2D eigenvalue weighted by Gasteiger charge is -2.20. The molecule has 96 valence electrons. The van der Waals surface area contributed by atoms with E-state index in [1.165, 1.54) is 12.8 Å². The molecule has 1 fully saturated rings. The van der Waals surface area contributed by atoms with E-state index in [0.717, 1.165) is 31.0 Å². The fraction of sp³-hybridized carbons (Fsp3) is 0.583. The van der Waals surface area contributed by atoms with Crippen LogP contribution in [0.25, 0.3) is 11.4 Å². The van der Waals surface area contributed by atoms with Gasteiger partial charge >= 0.3 is 0 Å². The first-order valence-corrected chi connectivity index (χ1v) is 6.33. The zero-order chi connectivity index (χ0) is 12.4. The molecule has 0 saturated carbocycles. The van der Waals surface area contributed by atoms with Crippen molar-refractivity contribution >= 4 is 0 Å². The summed E-state index contributed by atoms with van der Waals surface area (Å²) in [6.45, 7) is 2.18. The average molecular weight is 247 g/mol. The predicted octanol–water partition coefficient (Wildman–Crippen LogP) is 1.01. The molecule has 0 radical (unpaired) electrons. The molecule has 0 aliphatic carbocycles. The van der Waals surface area contributed by atoms with Crippen molar-refractivity contribution in [3.05, 3.63) is 18.3 Å². The Kier molecular flexibility index (Phi) is 3.10. The predicted molar refractivity (Wildman–Crippen MR) is 65.8 cm³/mol. The molecule has 18 heavy (non-hydrogen) atoms. The van der Waals surface area contributed by atoms with Crippen LogP contribution in [0.2, 0.25) is 0 Å². The van der Waals surface area contributed by atoms with Crippen molar-refractivity contribution in [3.63, 3.8) is 0 Å². The van der Waals surface area contributed by atoms with E-state index in [9.17, 15) is 0 Å². The van der Waals surface area contributed by atoms with Crippen molar-refractivity contribution in [1.29, 1.82) is 0 Å². The summed E-state index contributed by atoms with van der Waals surface area (Å²) < 4.78 is 7.05. The van der Waals surface area contributed by atoms with Gasteiger partial charge in [0, 0.05) is 19.7 Å². The van der Waals surface area contributed by atoms with Crippen LogP contribution >= 0.6 is 0 Å². The Morgan fingerprint density at radius 1 is 1.44 bits per heavy atom. The summed E-state index contributed by atoms with van der Waals surface area (Å²) in [6, 6.07) is 0. The molecule has 1 aliphatic rings. The van der Waals surface area contributed by atoms with Crippen LogP contribution in [0.4, 0.5) is 0 Å². The zero-order valence-electron chi connectivity index (χ0n) is 10.5. The van der Waals surface area contributed by atoms with Gasteiger partial charge in [0.15, 0.2) is 0 Å². The number of nitrogens with one attached hydrogen (secondary N) is 1. The zero-order valence-corrected chi connectivity index (χ0v) is 10.5. The Bertz CT molecular complexity index is 512. The van der Waals surface area contributed by atoms with Crippen molar-refractivity contribution in [2.75, 3.05) is 13.1 Å². The number of aromatic nitrogens is 4. The van der Waals surface area contributed by atoms with E-state index >= 15 is 0 Å². The number of hydrogen-bond donors (Lipinski definition) is 1. The maximum absolute atomic E-state index is 5.31. The maximum atomic E-state index is 5.31. The van der Waals surface area contributed by atoms with E-state index in [4.69, 9.17) is 4.52 Å². The summed E-state index contributed by atoms with van der Waals surface area (Å²) in [5, 5.41) is 11.5. The molecule has 0 spiro atoms. The molecule has 3 rings (SSSR count). The van der Waals surface area contributed by atoms with Crippen LogP contribution in [0.3, 0.4) is 0 Å². The molecule has 1 saturated heterocycles. The van der Waals surface area contributed by atoms with Crippen LogP contribution in [0.15, 0.2) is 16.9 Å². The lowest BCUT2D eigenvalue weighted by atomic mass is 9.95. The van der Waals surface area contributed by atoms with Crippen molar-refractivity contribution in [1.82, 2.24) is 25.2 Å².